The number of carbonyl (C=O) groups excluding carboxylic acids is 1. The number of nitro benzene ring substituents is 1. The van der Waals surface area contributed by atoms with Gasteiger partial charge in [0.1, 0.15) is 0 Å². The van der Waals surface area contributed by atoms with Gasteiger partial charge in [-0.1, -0.05) is 36.0 Å². The van der Waals surface area contributed by atoms with E-state index in [0.29, 0.717) is 0 Å². The molecule has 8 heteroatoms. The van der Waals surface area contributed by atoms with Crippen LogP contribution in [-0.4, -0.2) is 33.5 Å². The van der Waals surface area contributed by atoms with Crippen LogP contribution in [0.2, 0.25) is 0 Å². The number of para-hydroxylation sites is 1. The quantitative estimate of drug-likeness (QED) is 0.353. The number of rotatable bonds is 6. The first-order valence-electron chi connectivity index (χ1n) is 7.94. The summed E-state index contributed by atoms with van der Waals surface area (Å²) >= 11 is 2.98. The summed E-state index contributed by atoms with van der Waals surface area (Å²) in [5.41, 5.74) is 1.70. The van der Waals surface area contributed by atoms with Crippen molar-refractivity contribution in [1.82, 2.24) is 9.88 Å². The van der Waals surface area contributed by atoms with Gasteiger partial charge in [-0.25, -0.2) is 4.98 Å². The molecule has 3 rings (SSSR count). The Kier molecular flexibility index (Phi) is 5.53. The highest BCUT2D eigenvalue weighted by molar-refractivity contribution is 8.01. The van der Waals surface area contributed by atoms with Gasteiger partial charge in [-0.05, 0) is 24.6 Å². The van der Waals surface area contributed by atoms with Crippen molar-refractivity contribution < 1.29 is 9.72 Å². The molecule has 1 unspecified atom stereocenters. The summed E-state index contributed by atoms with van der Waals surface area (Å²) in [5.74, 6) is 0.225. The molecule has 1 amide bonds. The Morgan fingerprint density at radius 2 is 2.08 bits per heavy atom. The van der Waals surface area contributed by atoms with E-state index in [9.17, 15) is 14.9 Å². The summed E-state index contributed by atoms with van der Waals surface area (Å²) in [7, 11) is 1.71. The Labute approximate surface area is 159 Å². The molecular weight excluding hydrogens is 370 g/mol. The Morgan fingerprint density at radius 3 is 2.81 bits per heavy atom. The number of thiazole rings is 1. The van der Waals surface area contributed by atoms with Crippen molar-refractivity contribution in [3.8, 4) is 0 Å². The molecule has 0 aliphatic carbocycles. The fourth-order valence-corrected chi connectivity index (χ4v) is 4.47. The number of hydrogen-bond acceptors (Lipinski definition) is 6. The predicted octanol–water partition coefficient (Wildman–Crippen LogP) is 4.52. The number of fused-ring (bicyclic) bond motifs is 1. The number of amides is 1. The molecule has 3 aromatic rings. The van der Waals surface area contributed by atoms with E-state index in [2.05, 4.69) is 4.98 Å². The van der Waals surface area contributed by atoms with Gasteiger partial charge in [-0.2, -0.15) is 0 Å². The normalized spacial score (nSPS) is 12.1. The molecule has 134 valence electrons. The fraction of sp³-hybridized carbons (Fsp3) is 0.222. The van der Waals surface area contributed by atoms with E-state index >= 15 is 0 Å². The summed E-state index contributed by atoms with van der Waals surface area (Å²) < 4.78 is 1.96. The second-order valence-corrected chi connectivity index (χ2v) is 8.02. The van der Waals surface area contributed by atoms with Crippen LogP contribution < -0.4 is 0 Å². The summed E-state index contributed by atoms with van der Waals surface area (Å²) in [5, 5.41) is 10.9. The lowest BCUT2D eigenvalue weighted by molar-refractivity contribution is -0.384. The first kappa shape index (κ1) is 18.3. The lowest BCUT2D eigenvalue weighted by Gasteiger charge is -2.25. The van der Waals surface area contributed by atoms with Gasteiger partial charge in [0.05, 0.1) is 26.9 Å². The van der Waals surface area contributed by atoms with Crippen molar-refractivity contribution in [2.24, 2.45) is 0 Å². The maximum absolute atomic E-state index is 12.5. The average Bonchev–Trinajstić information content (AvgIpc) is 3.08. The maximum Gasteiger partial charge on any atom is 0.269 e. The minimum absolute atomic E-state index is 0.0269. The Hall–Kier alpha value is -2.45. The summed E-state index contributed by atoms with van der Waals surface area (Å²) in [6, 6.07) is 14.0. The van der Waals surface area contributed by atoms with E-state index in [1.54, 1.807) is 35.4 Å². The number of nitrogens with zero attached hydrogens (tertiary/aromatic N) is 3. The zero-order chi connectivity index (χ0) is 18.7. The molecule has 0 aliphatic heterocycles. The van der Waals surface area contributed by atoms with Crippen molar-refractivity contribution in [3.05, 3.63) is 64.2 Å². The highest BCUT2D eigenvalue weighted by atomic mass is 32.2. The SMILES string of the molecule is CC(c1cccc([N+](=O)[O-])c1)N(C)C(=O)CSc1nc2ccccc2s1. The van der Waals surface area contributed by atoms with Gasteiger partial charge >= 0.3 is 0 Å². The highest BCUT2D eigenvalue weighted by Gasteiger charge is 2.20. The van der Waals surface area contributed by atoms with Gasteiger partial charge in [0, 0.05) is 19.2 Å². The molecule has 0 spiro atoms. The van der Waals surface area contributed by atoms with Crippen LogP contribution in [0.4, 0.5) is 5.69 Å². The number of aromatic nitrogens is 1. The van der Waals surface area contributed by atoms with Crippen LogP contribution in [0.3, 0.4) is 0 Å². The molecule has 1 aromatic heterocycles. The van der Waals surface area contributed by atoms with Gasteiger partial charge in [-0.3, -0.25) is 14.9 Å². The van der Waals surface area contributed by atoms with Gasteiger partial charge in [0.2, 0.25) is 5.91 Å². The second-order valence-electron chi connectivity index (χ2n) is 5.77. The van der Waals surface area contributed by atoms with E-state index in [0.717, 1.165) is 20.1 Å². The molecular formula is C18H17N3O3S2. The summed E-state index contributed by atoms with van der Waals surface area (Å²) in [4.78, 5) is 29.1. The summed E-state index contributed by atoms with van der Waals surface area (Å²) in [6.45, 7) is 1.86. The third-order valence-electron chi connectivity index (χ3n) is 4.13. The van der Waals surface area contributed by atoms with E-state index in [-0.39, 0.29) is 23.4 Å². The van der Waals surface area contributed by atoms with E-state index < -0.39 is 4.92 Å². The maximum atomic E-state index is 12.5. The van der Waals surface area contributed by atoms with E-state index in [1.165, 1.54) is 23.9 Å². The fourth-order valence-electron chi connectivity index (χ4n) is 2.48. The highest BCUT2D eigenvalue weighted by Crippen LogP contribution is 2.30. The van der Waals surface area contributed by atoms with Crippen LogP contribution in [0, 0.1) is 10.1 Å². The molecule has 2 aromatic carbocycles. The van der Waals surface area contributed by atoms with Gasteiger partial charge in [0.15, 0.2) is 4.34 Å². The molecule has 0 saturated heterocycles. The smallest absolute Gasteiger partial charge is 0.269 e. The minimum atomic E-state index is -0.430. The first-order valence-corrected chi connectivity index (χ1v) is 9.74. The van der Waals surface area contributed by atoms with Crippen LogP contribution in [0.1, 0.15) is 18.5 Å². The van der Waals surface area contributed by atoms with E-state index in [1.807, 2.05) is 31.2 Å². The number of nitro groups is 1. The number of non-ortho nitro benzene ring substituents is 1. The van der Waals surface area contributed by atoms with E-state index in [4.69, 9.17) is 0 Å². The molecule has 0 bridgehead atoms. The molecule has 1 heterocycles. The molecule has 0 aliphatic rings. The van der Waals surface area contributed by atoms with Crippen LogP contribution in [0.5, 0.6) is 0 Å². The Bertz CT molecular complexity index is 925. The molecule has 0 N–H and O–H groups in total. The lowest BCUT2D eigenvalue weighted by atomic mass is 10.1. The Morgan fingerprint density at radius 1 is 1.31 bits per heavy atom. The van der Waals surface area contributed by atoms with Crippen LogP contribution in [-0.2, 0) is 4.79 Å². The van der Waals surface area contributed by atoms with Crippen molar-refractivity contribution in [1.29, 1.82) is 0 Å². The standard InChI is InChI=1S/C18H17N3O3S2/c1-12(13-6-5-7-14(10-13)21(23)24)20(2)17(22)11-25-18-19-15-8-3-4-9-16(15)26-18/h3-10,12H,11H2,1-2H3. The van der Waals surface area contributed by atoms with Crippen molar-refractivity contribution in [2.75, 3.05) is 12.8 Å². The van der Waals surface area contributed by atoms with Crippen molar-refractivity contribution in [2.45, 2.75) is 17.3 Å². The molecule has 0 saturated carbocycles. The van der Waals surface area contributed by atoms with Crippen LogP contribution in [0.25, 0.3) is 10.2 Å². The number of carbonyl (C=O) groups is 1. The third-order valence-corrected chi connectivity index (χ3v) is 6.30. The summed E-state index contributed by atoms with van der Waals surface area (Å²) in [6.07, 6.45) is 0. The number of thioether (sulfide) groups is 1. The Balaban J connectivity index is 1.65. The third kappa shape index (κ3) is 4.03. The average molecular weight is 387 g/mol. The van der Waals surface area contributed by atoms with Crippen LogP contribution in [0.15, 0.2) is 52.9 Å². The predicted molar refractivity (Wildman–Crippen MR) is 105 cm³/mol. The topological polar surface area (TPSA) is 76.3 Å². The largest absolute Gasteiger partial charge is 0.338 e. The van der Waals surface area contributed by atoms with Crippen LogP contribution >= 0.6 is 23.1 Å². The number of benzene rings is 2. The number of hydrogen-bond donors (Lipinski definition) is 0. The van der Waals surface area contributed by atoms with Gasteiger partial charge < -0.3 is 4.90 Å². The second kappa shape index (κ2) is 7.84. The molecule has 0 fully saturated rings. The molecule has 1 atom stereocenters. The zero-order valence-corrected chi connectivity index (χ0v) is 15.9. The molecule has 26 heavy (non-hydrogen) atoms. The molecule has 0 radical (unpaired) electrons. The van der Waals surface area contributed by atoms with Gasteiger partial charge in [-0.15, -0.1) is 11.3 Å². The zero-order valence-electron chi connectivity index (χ0n) is 14.3. The van der Waals surface area contributed by atoms with Crippen molar-refractivity contribution in [3.63, 3.8) is 0 Å². The van der Waals surface area contributed by atoms with Gasteiger partial charge in [0.25, 0.3) is 5.69 Å². The van der Waals surface area contributed by atoms with Crippen molar-refractivity contribution >= 4 is 44.9 Å². The first-order chi connectivity index (χ1) is 12.5. The monoisotopic (exact) mass is 387 g/mol. The lowest BCUT2D eigenvalue weighted by Crippen LogP contribution is -2.31. The molecule has 6 nitrogen and oxygen atoms in total. The minimum Gasteiger partial charge on any atom is -0.338 e.